The highest BCUT2D eigenvalue weighted by Gasteiger charge is 2.36. The minimum atomic E-state index is 0.103. The van der Waals surface area contributed by atoms with Gasteiger partial charge in [-0.2, -0.15) is 0 Å². The highest BCUT2D eigenvalue weighted by molar-refractivity contribution is 5.55. The molecule has 0 saturated heterocycles. The average Bonchev–Trinajstić information content (AvgIpc) is 2.32. The molecule has 0 saturated carbocycles. The van der Waals surface area contributed by atoms with Crippen LogP contribution in [0, 0.1) is 0 Å². The van der Waals surface area contributed by atoms with Gasteiger partial charge in [-0.3, -0.25) is 0 Å². The summed E-state index contributed by atoms with van der Waals surface area (Å²) in [6.07, 6.45) is 6.28. The molecule has 0 amide bonds. The SMILES string of the molecule is CC1(C)CCC(C)(C)c2cc(/C=C\CO)ccc21. The molecule has 98 valence electrons. The van der Waals surface area contributed by atoms with Crippen molar-refractivity contribution < 1.29 is 5.11 Å². The average molecular weight is 244 g/mol. The molecule has 0 unspecified atom stereocenters. The Morgan fingerprint density at radius 2 is 1.67 bits per heavy atom. The van der Waals surface area contributed by atoms with Crippen molar-refractivity contribution in [2.45, 2.75) is 51.4 Å². The van der Waals surface area contributed by atoms with Crippen molar-refractivity contribution in [3.63, 3.8) is 0 Å². The molecule has 0 bridgehead atoms. The minimum absolute atomic E-state index is 0.103. The molecule has 0 heterocycles. The number of aliphatic hydroxyl groups is 1. The molecule has 1 nitrogen and oxygen atoms in total. The van der Waals surface area contributed by atoms with Crippen LogP contribution >= 0.6 is 0 Å². The number of rotatable bonds is 2. The lowest BCUT2D eigenvalue weighted by Gasteiger charge is -2.42. The van der Waals surface area contributed by atoms with Gasteiger partial charge in [0.15, 0.2) is 0 Å². The lowest BCUT2D eigenvalue weighted by atomic mass is 9.63. The molecule has 0 radical (unpaired) electrons. The third kappa shape index (κ3) is 2.37. The van der Waals surface area contributed by atoms with Gasteiger partial charge in [-0.05, 0) is 40.4 Å². The Bertz CT molecular complexity index is 466. The van der Waals surface area contributed by atoms with E-state index in [0.29, 0.717) is 0 Å². The maximum atomic E-state index is 8.86. The van der Waals surface area contributed by atoms with E-state index >= 15 is 0 Å². The summed E-state index contributed by atoms with van der Waals surface area (Å²) in [6, 6.07) is 6.73. The highest BCUT2D eigenvalue weighted by Crippen LogP contribution is 2.45. The molecule has 1 N–H and O–H groups in total. The molecule has 2 rings (SSSR count). The second kappa shape index (κ2) is 4.55. The zero-order chi connectivity index (χ0) is 13.4. The monoisotopic (exact) mass is 244 g/mol. The van der Waals surface area contributed by atoms with Crippen LogP contribution in [0.4, 0.5) is 0 Å². The van der Waals surface area contributed by atoms with Crippen LogP contribution in [0.2, 0.25) is 0 Å². The summed E-state index contributed by atoms with van der Waals surface area (Å²) in [5.41, 5.74) is 4.69. The van der Waals surface area contributed by atoms with Crippen LogP contribution < -0.4 is 0 Å². The molecule has 1 aromatic carbocycles. The van der Waals surface area contributed by atoms with Crippen LogP contribution in [-0.2, 0) is 10.8 Å². The van der Waals surface area contributed by atoms with Crippen LogP contribution in [0.15, 0.2) is 24.3 Å². The van der Waals surface area contributed by atoms with E-state index in [2.05, 4.69) is 45.9 Å². The number of hydrogen-bond donors (Lipinski definition) is 1. The zero-order valence-electron chi connectivity index (χ0n) is 12.0. The summed E-state index contributed by atoms with van der Waals surface area (Å²) in [5.74, 6) is 0. The summed E-state index contributed by atoms with van der Waals surface area (Å²) < 4.78 is 0. The Morgan fingerprint density at radius 3 is 2.28 bits per heavy atom. The van der Waals surface area contributed by atoms with E-state index in [4.69, 9.17) is 5.11 Å². The van der Waals surface area contributed by atoms with Crippen molar-refractivity contribution in [3.8, 4) is 0 Å². The summed E-state index contributed by atoms with van der Waals surface area (Å²) in [5, 5.41) is 8.86. The number of benzene rings is 1. The van der Waals surface area contributed by atoms with E-state index in [9.17, 15) is 0 Å². The van der Waals surface area contributed by atoms with Gasteiger partial charge in [-0.25, -0.2) is 0 Å². The van der Waals surface area contributed by atoms with E-state index in [1.54, 1.807) is 6.08 Å². The number of aliphatic hydroxyl groups excluding tert-OH is 1. The van der Waals surface area contributed by atoms with E-state index < -0.39 is 0 Å². The van der Waals surface area contributed by atoms with E-state index in [-0.39, 0.29) is 17.4 Å². The van der Waals surface area contributed by atoms with Gasteiger partial charge < -0.3 is 5.11 Å². The standard InChI is InChI=1S/C17H24O/c1-16(2)9-10-17(3,4)15-12-13(6-5-11-18)7-8-14(15)16/h5-8,12,18H,9-11H2,1-4H3/b6-5-. The molecule has 1 aromatic rings. The van der Waals surface area contributed by atoms with Gasteiger partial charge in [0.05, 0.1) is 6.61 Å². The fourth-order valence-corrected chi connectivity index (χ4v) is 2.90. The third-order valence-electron chi connectivity index (χ3n) is 4.29. The molecule has 1 aliphatic rings. The maximum absolute atomic E-state index is 8.86. The number of hydrogen-bond acceptors (Lipinski definition) is 1. The zero-order valence-corrected chi connectivity index (χ0v) is 12.0. The van der Waals surface area contributed by atoms with Gasteiger partial charge in [0.1, 0.15) is 0 Å². The molecular formula is C17H24O. The minimum Gasteiger partial charge on any atom is -0.392 e. The second-order valence-corrected chi connectivity index (χ2v) is 6.66. The molecule has 1 heteroatoms. The highest BCUT2D eigenvalue weighted by atomic mass is 16.2. The molecule has 0 aromatic heterocycles. The molecule has 1 aliphatic carbocycles. The summed E-state index contributed by atoms with van der Waals surface area (Å²) in [7, 11) is 0. The van der Waals surface area contributed by atoms with E-state index in [0.717, 1.165) is 0 Å². The number of fused-ring (bicyclic) bond motifs is 1. The summed E-state index contributed by atoms with van der Waals surface area (Å²) in [6.45, 7) is 9.45. The van der Waals surface area contributed by atoms with Gasteiger partial charge in [-0.1, -0.05) is 58.0 Å². The van der Waals surface area contributed by atoms with Crippen LogP contribution in [0.25, 0.3) is 6.08 Å². The Kier molecular flexibility index (Phi) is 3.37. The fourth-order valence-electron chi connectivity index (χ4n) is 2.90. The van der Waals surface area contributed by atoms with Crippen molar-refractivity contribution in [1.82, 2.24) is 0 Å². The van der Waals surface area contributed by atoms with Gasteiger partial charge in [-0.15, -0.1) is 0 Å². The first kappa shape index (κ1) is 13.4. The first-order valence-corrected chi connectivity index (χ1v) is 6.79. The van der Waals surface area contributed by atoms with Crippen LogP contribution in [-0.4, -0.2) is 11.7 Å². The first-order chi connectivity index (χ1) is 8.37. The topological polar surface area (TPSA) is 20.2 Å². The third-order valence-corrected chi connectivity index (χ3v) is 4.29. The van der Waals surface area contributed by atoms with Crippen LogP contribution in [0.1, 0.15) is 57.2 Å². The van der Waals surface area contributed by atoms with Gasteiger partial charge in [0, 0.05) is 0 Å². The Morgan fingerprint density at radius 1 is 1.06 bits per heavy atom. The predicted octanol–water partition coefficient (Wildman–Crippen LogP) is 4.04. The smallest absolute Gasteiger partial charge is 0.0615 e. The molecule has 0 atom stereocenters. The molecule has 18 heavy (non-hydrogen) atoms. The van der Waals surface area contributed by atoms with Crippen LogP contribution in [0.3, 0.4) is 0 Å². The quantitative estimate of drug-likeness (QED) is 0.832. The van der Waals surface area contributed by atoms with Gasteiger partial charge >= 0.3 is 0 Å². The molecule has 0 spiro atoms. The van der Waals surface area contributed by atoms with E-state index in [1.807, 2.05) is 6.08 Å². The van der Waals surface area contributed by atoms with Gasteiger partial charge in [0.25, 0.3) is 0 Å². The first-order valence-electron chi connectivity index (χ1n) is 6.79. The summed E-state index contributed by atoms with van der Waals surface area (Å²) in [4.78, 5) is 0. The van der Waals surface area contributed by atoms with Crippen molar-refractivity contribution in [3.05, 3.63) is 41.0 Å². The summed E-state index contributed by atoms with van der Waals surface area (Å²) >= 11 is 0. The predicted molar refractivity (Wildman–Crippen MR) is 77.8 cm³/mol. The fraction of sp³-hybridized carbons (Fsp3) is 0.529. The van der Waals surface area contributed by atoms with Crippen molar-refractivity contribution in [1.29, 1.82) is 0 Å². The second-order valence-electron chi connectivity index (χ2n) is 6.66. The van der Waals surface area contributed by atoms with Crippen molar-refractivity contribution >= 4 is 6.08 Å². The van der Waals surface area contributed by atoms with E-state index in [1.165, 1.54) is 29.5 Å². The van der Waals surface area contributed by atoms with Crippen LogP contribution in [0.5, 0.6) is 0 Å². The largest absolute Gasteiger partial charge is 0.392 e. The lowest BCUT2D eigenvalue weighted by molar-refractivity contribution is 0.332. The Labute approximate surface area is 111 Å². The Hall–Kier alpha value is -1.08. The normalized spacial score (nSPS) is 20.9. The molecular weight excluding hydrogens is 220 g/mol. The molecule has 0 fully saturated rings. The molecule has 0 aliphatic heterocycles. The van der Waals surface area contributed by atoms with Crippen molar-refractivity contribution in [2.75, 3.05) is 6.61 Å². The lowest BCUT2D eigenvalue weighted by Crippen LogP contribution is -2.33. The van der Waals surface area contributed by atoms with Crippen molar-refractivity contribution in [2.24, 2.45) is 0 Å². The van der Waals surface area contributed by atoms with Gasteiger partial charge in [0.2, 0.25) is 0 Å². The maximum Gasteiger partial charge on any atom is 0.0615 e. The Balaban J connectivity index is 2.51.